The minimum absolute atomic E-state index is 0.581. The summed E-state index contributed by atoms with van der Waals surface area (Å²) in [6.07, 6.45) is 3.74. The van der Waals surface area contributed by atoms with E-state index < -0.39 is 0 Å². The summed E-state index contributed by atoms with van der Waals surface area (Å²) in [4.78, 5) is 0. The topological polar surface area (TPSA) is 0 Å². The molecule has 0 aromatic rings. The molecule has 9 heavy (non-hydrogen) atoms. The molecule has 0 spiro atoms. The van der Waals surface area contributed by atoms with E-state index in [0.717, 1.165) is 12.0 Å². The fourth-order valence-corrected chi connectivity index (χ4v) is 2.06. The Balaban J connectivity index is 3.25. The zero-order valence-corrected chi connectivity index (χ0v) is 7.72. The molecule has 53 valence electrons. The Morgan fingerprint density at radius 2 is 2.33 bits per heavy atom. The van der Waals surface area contributed by atoms with E-state index in [1.807, 2.05) is 0 Å². The second-order valence-corrected chi connectivity index (χ2v) is 4.48. The molecule has 1 radical (unpaired) electrons. The Hall–Kier alpha value is 0.0869. The molecular weight excluding hydrogens is 124 g/mol. The van der Waals surface area contributed by atoms with Crippen molar-refractivity contribution in [3.05, 3.63) is 6.92 Å². The van der Waals surface area contributed by atoms with Crippen LogP contribution in [0.3, 0.4) is 0 Å². The van der Waals surface area contributed by atoms with Crippen LogP contribution in [0.5, 0.6) is 0 Å². The van der Waals surface area contributed by atoms with Gasteiger partial charge in [0.05, 0.1) is 0 Å². The highest BCUT2D eigenvalue weighted by Crippen LogP contribution is 2.06. The molecule has 0 aliphatic carbocycles. The SMILES string of the molecule is [CH2]CC=[SiH]C(C)CCC. The molecule has 0 aromatic carbocycles. The van der Waals surface area contributed by atoms with Gasteiger partial charge in [0.2, 0.25) is 0 Å². The predicted octanol–water partition coefficient (Wildman–Crippen LogP) is 2.06. The quantitative estimate of drug-likeness (QED) is 0.526. The summed E-state index contributed by atoms with van der Waals surface area (Å²) < 4.78 is 0. The van der Waals surface area contributed by atoms with Crippen LogP contribution in [0.1, 0.15) is 33.1 Å². The molecule has 0 rings (SSSR count). The van der Waals surface area contributed by atoms with Crippen molar-refractivity contribution in [3.63, 3.8) is 0 Å². The molecule has 0 bridgehead atoms. The van der Waals surface area contributed by atoms with E-state index in [2.05, 4.69) is 26.4 Å². The summed E-state index contributed by atoms with van der Waals surface area (Å²) in [7, 11) is 0.581. The first-order valence-corrected chi connectivity index (χ1v) is 5.10. The van der Waals surface area contributed by atoms with Gasteiger partial charge in [0.15, 0.2) is 0 Å². The van der Waals surface area contributed by atoms with Crippen LogP contribution >= 0.6 is 0 Å². The predicted molar refractivity (Wildman–Crippen MR) is 47.5 cm³/mol. The van der Waals surface area contributed by atoms with E-state index in [-0.39, 0.29) is 0 Å². The van der Waals surface area contributed by atoms with Crippen molar-refractivity contribution in [2.24, 2.45) is 0 Å². The lowest BCUT2D eigenvalue weighted by Gasteiger charge is -2.00. The zero-order valence-electron chi connectivity index (χ0n) is 6.56. The third-order valence-corrected chi connectivity index (χ3v) is 2.97. The highest BCUT2D eigenvalue weighted by atomic mass is 28.2. The van der Waals surface area contributed by atoms with Crippen LogP contribution < -0.4 is 0 Å². The van der Waals surface area contributed by atoms with Gasteiger partial charge in [-0.3, -0.25) is 0 Å². The molecule has 0 amide bonds. The molecule has 0 aliphatic heterocycles. The minimum atomic E-state index is 0.581. The van der Waals surface area contributed by atoms with Gasteiger partial charge >= 0.3 is 0 Å². The molecule has 0 heterocycles. The van der Waals surface area contributed by atoms with E-state index in [0.29, 0.717) is 9.13 Å². The lowest BCUT2D eigenvalue weighted by Crippen LogP contribution is -1.92. The van der Waals surface area contributed by atoms with Crippen molar-refractivity contribution < 1.29 is 0 Å². The van der Waals surface area contributed by atoms with Gasteiger partial charge in [0, 0.05) is 0 Å². The summed E-state index contributed by atoms with van der Waals surface area (Å²) in [6, 6.07) is 0. The molecule has 0 aliphatic rings. The second-order valence-electron chi connectivity index (χ2n) is 2.48. The first-order valence-electron chi connectivity index (χ1n) is 3.77. The molecule has 0 fully saturated rings. The van der Waals surface area contributed by atoms with Crippen molar-refractivity contribution in [2.75, 3.05) is 0 Å². The Labute approximate surface area is 61.1 Å². The van der Waals surface area contributed by atoms with Gasteiger partial charge in [-0.25, -0.2) is 0 Å². The van der Waals surface area contributed by atoms with Crippen LogP contribution in [0.2, 0.25) is 5.54 Å². The summed E-state index contributed by atoms with van der Waals surface area (Å²) in [5.74, 6) is 0. The first-order chi connectivity index (χ1) is 4.31. The molecular formula is C8H17Si. The van der Waals surface area contributed by atoms with Crippen LogP contribution in [-0.2, 0) is 0 Å². The molecule has 0 N–H and O–H groups in total. The largest absolute Gasteiger partial charge is 0.106 e. The van der Waals surface area contributed by atoms with Crippen LogP contribution in [0.4, 0.5) is 0 Å². The molecule has 0 saturated carbocycles. The number of rotatable bonds is 4. The van der Waals surface area contributed by atoms with Crippen LogP contribution in [0, 0.1) is 6.92 Å². The highest BCUT2D eigenvalue weighted by Gasteiger charge is 1.91. The average molecular weight is 141 g/mol. The third-order valence-electron chi connectivity index (χ3n) is 1.38. The highest BCUT2D eigenvalue weighted by molar-refractivity contribution is 6.48. The van der Waals surface area contributed by atoms with E-state index >= 15 is 0 Å². The average Bonchev–Trinajstić information content (AvgIpc) is 1.85. The van der Waals surface area contributed by atoms with Crippen LogP contribution in [0.15, 0.2) is 0 Å². The van der Waals surface area contributed by atoms with Gasteiger partial charge in [-0.15, -0.1) is 5.67 Å². The smallest absolute Gasteiger partial charge is 0.00889 e. The number of hydrogen-bond donors (Lipinski definition) is 0. The van der Waals surface area contributed by atoms with E-state index in [9.17, 15) is 0 Å². The van der Waals surface area contributed by atoms with Crippen molar-refractivity contribution in [2.45, 2.75) is 38.7 Å². The summed E-state index contributed by atoms with van der Waals surface area (Å²) in [5, 5.41) is 0. The molecule has 0 aromatic heterocycles. The molecule has 1 unspecified atom stereocenters. The lowest BCUT2D eigenvalue weighted by molar-refractivity contribution is 0.768. The standard InChI is InChI=1S/C8H17Si/c1-4-6-8(3)9-7-5-2/h7-9H,2,4-6H2,1,3H3. The van der Waals surface area contributed by atoms with Crippen molar-refractivity contribution >= 4 is 14.8 Å². The number of hydrogen-bond acceptors (Lipinski definition) is 0. The maximum absolute atomic E-state index is 3.78. The van der Waals surface area contributed by atoms with Gasteiger partial charge in [-0.1, -0.05) is 26.7 Å². The minimum Gasteiger partial charge on any atom is -0.106 e. The van der Waals surface area contributed by atoms with Crippen molar-refractivity contribution in [3.8, 4) is 0 Å². The van der Waals surface area contributed by atoms with Gasteiger partial charge in [-0.2, -0.15) is 0 Å². The maximum Gasteiger partial charge on any atom is -0.00889 e. The lowest BCUT2D eigenvalue weighted by atomic mass is 10.3. The molecule has 0 saturated heterocycles. The summed E-state index contributed by atoms with van der Waals surface area (Å²) in [5.41, 5.74) is 3.30. The van der Waals surface area contributed by atoms with Gasteiger partial charge < -0.3 is 0 Å². The Morgan fingerprint density at radius 3 is 2.78 bits per heavy atom. The normalized spacial score (nSPS) is 14.6. The van der Waals surface area contributed by atoms with Crippen LogP contribution in [0.25, 0.3) is 0 Å². The van der Waals surface area contributed by atoms with Crippen LogP contribution in [-0.4, -0.2) is 14.8 Å². The zero-order chi connectivity index (χ0) is 7.11. The van der Waals surface area contributed by atoms with E-state index in [1.54, 1.807) is 0 Å². The maximum atomic E-state index is 3.78. The first kappa shape index (κ1) is 9.09. The van der Waals surface area contributed by atoms with Gasteiger partial charge in [0.25, 0.3) is 0 Å². The monoisotopic (exact) mass is 141 g/mol. The third kappa shape index (κ3) is 5.97. The summed E-state index contributed by atoms with van der Waals surface area (Å²) in [6.45, 7) is 8.37. The second kappa shape index (κ2) is 6.21. The molecule has 1 heteroatoms. The van der Waals surface area contributed by atoms with E-state index in [1.165, 1.54) is 12.8 Å². The fraction of sp³-hybridized carbons (Fsp3) is 0.750. The van der Waals surface area contributed by atoms with Crippen molar-refractivity contribution in [1.29, 1.82) is 0 Å². The van der Waals surface area contributed by atoms with E-state index in [4.69, 9.17) is 0 Å². The molecule has 0 nitrogen and oxygen atoms in total. The summed E-state index contributed by atoms with van der Waals surface area (Å²) >= 11 is 0. The Bertz CT molecular complexity index is 76.6. The fourth-order valence-electron chi connectivity index (χ4n) is 0.880. The molecule has 1 atom stereocenters. The van der Waals surface area contributed by atoms with Gasteiger partial charge in [0.1, 0.15) is 0 Å². The van der Waals surface area contributed by atoms with Gasteiger partial charge in [-0.05, 0) is 28.0 Å². The Kier molecular flexibility index (Phi) is 6.27. The Morgan fingerprint density at radius 1 is 1.67 bits per heavy atom. The van der Waals surface area contributed by atoms with Crippen molar-refractivity contribution in [1.82, 2.24) is 0 Å².